The van der Waals surface area contributed by atoms with Gasteiger partial charge in [0.25, 0.3) is 0 Å². The quantitative estimate of drug-likeness (QED) is 0.842. The van der Waals surface area contributed by atoms with Crippen molar-refractivity contribution in [2.75, 3.05) is 13.1 Å². The molecule has 1 heterocycles. The molecule has 1 aromatic rings. The molecule has 0 aliphatic heterocycles. The molecule has 0 spiro atoms. The number of aliphatic carboxylic acids is 1. The molecule has 5 heteroatoms. The van der Waals surface area contributed by atoms with Crippen LogP contribution in [-0.4, -0.2) is 34.0 Å². The lowest BCUT2D eigenvalue weighted by Crippen LogP contribution is -2.34. The van der Waals surface area contributed by atoms with Crippen LogP contribution >= 0.6 is 0 Å². The van der Waals surface area contributed by atoms with Crippen molar-refractivity contribution in [1.82, 2.24) is 9.88 Å². The van der Waals surface area contributed by atoms with Crippen molar-refractivity contribution in [3.05, 3.63) is 29.8 Å². The number of carboxylic acid groups (broad SMARTS) is 1. The topological polar surface area (TPSA) is 53.4 Å². The van der Waals surface area contributed by atoms with Gasteiger partial charge in [0, 0.05) is 12.6 Å². The van der Waals surface area contributed by atoms with Gasteiger partial charge in [-0.25, -0.2) is 4.39 Å². The van der Waals surface area contributed by atoms with E-state index in [0.717, 1.165) is 6.54 Å². The van der Waals surface area contributed by atoms with E-state index < -0.39 is 5.97 Å². The van der Waals surface area contributed by atoms with Crippen molar-refractivity contribution in [1.29, 1.82) is 0 Å². The van der Waals surface area contributed by atoms with Crippen molar-refractivity contribution in [2.24, 2.45) is 5.92 Å². The average molecular weight is 252 g/mol. The van der Waals surface area contributed by atoms with Gasteiger partial charge in [-0.15, -0.1) is 0 Å². The number of aromatic nitrogens is 1. The highest BCUT2D eigenvalue weighted by Gasteiger charge is 2.28. The van der Waals surface area contributed by atoms with Crippen molar-refractivity contribution < 1.29 is 14.3 Å². The Labute approximate surface area is 105 Å². The van der Waals surface area contributed by atoms with Crippen LogP contribution in [0.2, 0.25) is 0 Å². The molecule has 1 atom stereocenters. The molecule has 0 saturated heterocycles. The Morgan fingerprint density at radius 3 is 2.83 bits per heavy atom. The molecule has 0 bridgehead atoms. The highest BCUT2D eigenvalue weighted by molar-refractivity contribution is 5.69. The van der Waals surface area contributed by atoms with Crippen LogP contribution in [0.3, 0.4) is 0 Å². The van der Waals surface area contributed by atoms with Gasteiger partial charge in [-0.2, -0.15) is 0 Å². The van der Waals surface area contributed by atoms with E-state index in [4.69, 9.17) is 5.11 Å². The summed E-state index contributed by atoms with van der Waals surface area (Å²) in [5.41, 5.74) is 0.707. The van der Waals surface area contributed by atoms with Crippen molar-refractivity contribution in [2.45, 2.75) is 25.8 Å². The SMILES string of the molecule is CC(c1ccc(F)cn1)N(CC(=O)O)CC1CC1. The standard InChI is InChI=1S/C13H17FN2O2/c1-9(12-5-4-11(14)6-15-12)16(8-13(17)18)7-10-2-3-10/h4-6,9-10H,2-3,7-8H2,1H3,(H,17,18). The van der Waals surface area contributed by atoms with Crippen molar-refractivity contribution >= 4 is 5.97 Å². The van der Waals surface area contributed by atoms with Crippen LogP contribution in [0, 0.1) is 11.7 Å². The Morgan fingerprint density at radius 2 is 2.33 bits per heavy atom. The van der Waals surface area contributed by atoms with Gasteiger partial charge in [0.15, 0.2) is 0 Å². The van der Waals surface area contributed by atoms with Gasteiger partial charge in [-0.3, -0.25) is 14.7 Å². The molecule has 1 aliphatic rings. The van der Waals surface area contributed by atoms with Gasteiger partial charge >= 0.3 is 5.97 Å². The van der Waals surface area contributed by atoms with E-state index in [-0.39, 0.29) is 18.4 Å². The Balaban J connectivity index is 2.07. The van der Waals surface area contributed by atoms with Gasteiger partial charge in [0.1, 0.15) is 5.82 Å². The molecular weight excluding hydrogens is 235 g/mol. The predicted molar refractivity (Wildman–Crippen MR) is 64.5 cm³/mol. The molecular formula is C13H17FN2O2. The fraction of sp³-hybridized carbons (Fsp3) is 0.538. The molecule has 4 nitrogen and oxygen atoms in total. The van der Waals surface area contributed by atoms with Crippen LogP contribution in [0.4, 0.5) is 4.39 Å². The van der Waals surface area contributed by atoms with E-state index in [1.54, 1.807) is 6.07 Å². The molecule has 1 unspecified atom stereocenters. The molecule has 98 valence electrons. The van der Waals surface area contributed by atoms with E-state index in [1.165, 1.54) is 25.1 Å². The summed E-state index contributed by atoms with van der Waals surface area (Å²) in [6.45, 7) is 2.68. The van der Waals surface area contributed by atoms with Gasteiger partial charge in [-0.1, -0.05) is 0 Å². The Kier molecular flexibility index (Phi) is 3.91. The third-order valence-corrected chi connectivity index (χ3v) is 3.25. The lowest BCUT2D eigenvalue weighted by Gasteiger charge is -2.27. The zero-order valence-electron chi connectivity index (χ0n) is 10.3. The second-order valence-corrected chi connectivity index (χ2v) is 4.84. The number of rotatable bonds is 6. The maximum atomic E-state index is 12.8. The highest BCUT2D eigenvalue weighted by Crippen LogP contribution is 2.32. The minimum Gasteiger partial charge on any atom is -0.480 e. The molecule has 0 radical (unpaired) electrons. The summed E-state index contributed by atoms with van der Waals surface area (Å²) in [7, 11) is 0. The Bertz CT molecular complexity index is 418. The number of carboxylic acids is 1. The Morgan fingerprint density at radius 1 is 1.61 bits per heavy atom. The lowest BCUT2D eigenvalue weighted by molar-refractivity contribution is -0.139. The maximum Gasteiger partial charge on any atom is 0.317 e. The Hall–Kier alpha value is -1.49. The summed E-state index contributed by atoms with van der Waals surface area (Å²) >= 11 is 0. The molecule has 0 amide bonds. The summed E-state index contributed by atoms with van der Waals surface area (Å²) in [5, 5.41) is 8.94. The molecule has 0 aromatic carbocycles. The first-order chi connectivity index (χ1) is 8.56. The van der Waals surface area contributed by atoms with Gasteiger partial charge in [0.05, 0.1) is 18.4 Å². The summed E-state index contributed by atoms with van der Waals surface area (Å²) in [6.07, 6.45) is 3.50. The van der Waals surface area contributed by atoms with Crippen LogP contribution in [-0.2, 0) is 4.79 Å². The van der Waals surface area contributed by atoms with Gasteiger partial charge in [0.2, 0.25) is 0 Å². The van der Waals surface area contributed by atoms with E-state index in [2.05, 4.69) is 4.98 Å². The number of hydrogen-bond donors (Lipinski definition) is 1. The van der Waals surface area contributed by atoms with Crippen molar-refractivity contribution in [3.8, 4) is 0 Å². The van der Waals surface area contributed by atoms with Gasteiger partial charge in [-0.05, 0) is 37.8 Å². The molecule has 1 aliphatic carbocycles. The predicted octanol–water partition coefficient (Wildman–Crippen LogP) is 2.08. The number of hydrogen-bond acceptors (Lipinski definition) is 3. The summed E-state index contributed by atoms with van der Waals surface area (Å²) < 4.78 is 12.8. The fourth-order valence-corrected chi connectivity index (χ4v) is 1.99. The molecule has 18 heavy (non-hydrogen) atoms. The molecule has 1 fully saturated rings. The van der Waals surface area contributed by atoms with Crippen LogP contribution in [0.1, 0.15) is 31.5 Å². The normalized spacial score (nSPS) is 16.8. The molecule has 1 aromatic heterocycles. The minimum atomic E-state index is -0.843. The monoisotopic (exact) mass is 252 g/mol. The van der Waals surface area contributed by atoms with Crippen molar-refractivity contribution in [3.63, 3.8) is 0 Å². The van der Waals surface area contributed by atoms with E-state index in [1.807, 2.05) is 11.8 Å². The molecule has 1 saturated carbocycles. The second-order valence-electron chi connectivity index (χ2n) is 4.84. The first kappa shape index (κ1) is 13.0. The summed E-state index contributed by atoms with van der Waals surface area (Å²) in [5.74, 6) is -0.616. The molecule has 2 rings (SSSR count). The van der Waals surface area contributed by atoms with Crippen LogP contribution in [0.25, 0.3) is 0 Å². The van der Waals surface area contributed by atoms with E-state index >= 15 is 0 Å². The fourth-order valence-electron chi connectivity index (χ4n) is 1.99. The number of carbonyl (C=O) groups is 1. The number of nitrogens with zero attached hydrogens (tertiary/aromatic N) is 2. The number of halogens is 1. The van der Waals surface area contributed by atoms with Crippen LogP contribution < -0.4 is 0 Å². The third kappa shape index (κ3) is 3.50. The first-order valence-corrected chi connectivity index (χ1v) is 6.13. The smallest absolute Gasteiger partial charge is 0.317 e. The zero-order chi connectivity index (χ0) is 13.1. The lowest BCUT2D eigenvalue weighted by atomic mass is 10.1. The second kappa shape index (κ2) is 5.44. The highest BCUT2D eigenvalue weighted by atomic mass is 19.1. The van der Waals surface area contributed by atoms with Crippen LogP contribution in [0.5, 0.6) is 0 Å². The number of pyridine rings is 1. The first-order valence-electron chi connectivity index (χ1n) is 6.13. The largest absolute Gasteiger partial charge is 0.480 e. The average Bonchev–Trinajstić information content (AvgIpc) is 3.12. The zero-order valence-corrected chi connectivity index (χ0v) is 10.3. The molecule has 1 N–H and O–H groups in total. The van der Waals surface area contributed by atoms with E-state index in [0.29, 0.717) is 11.6 Å². The third-order valence-electron chi connectivity index (χ3n) is 3.25. The summed E-state index contributed by atoms with van der Waals surface area (Å²) in [4.78, 5) is 16.8. The van der Waals surface area contributed by atoms with E-state index in [9.17, 15) is 9.18 Å². The maximum absolute atomic E-state index is 12.8. The van der Waals surface area contributed by atoms with Crippen LogP contribution in [0.15, 0.2) is 18.3 Å². The minimum absolute atomic E-state index is 0.00325. The summed E-state index contributed by atoms with van der Waals surface area (Å²) in [6, 6.07) is 2.86. The van der Waals surface area contributed by atoms with Gasteiger partial charge < -0.3 is 5.11 Å².